The van der Waals surface area contributed by atoms with Crippen molar-refractivity contribution >= 4 is 23.8 Å². The van der Waals surface area contributed by atoms with Crippen molar-refractivity contribution < 1.29 is 33.8 Å². The highest BCUT2D eigenvalue weighted by atomic mass is 16.5. The van der Waals surface area contributed by atoms with Crippen molar-refractivity contribution in [1.29, 1.82) is 0 Å². The smallest absolute Gasteiger partial charge is 0.337 e. The molecule has 0 aromatic heterocycles. The molecule has 0 aliphatic heterocycles. The van der Waals surface area contributed by atoms with Crippen LogP contribution in [0, 0.1) is 0 Å². The summed E-state index contributed by atoms with van der Waals surface area (Å²) in [7, 11) is 1.20. The average molecular weight is 323 g/mol. The molecule has 0 aliphatic rings. The van der Waals surface area contributed by atoms with Crippen molar-refractivity contribution in [2.45, 2.75) is 19.4 Å². The van der Waals surface area contributed by atoms with Crippen LogP contribution in [0.2, 0.25) is 0 Å². The Kier molecular flexibility index (Phi) is 6.72. The van der Waals surface area contributed by atoms with Gasteiger partial charge in [-0.05, 0) is 25.1 Å². The maximum absolute atomic E-state index is 12.1. The molecule has 124 valence electrons. The van der Waals surface area contributed by atoms with Crippen LogP contribution in [-0.2, 0) is 19.1 Å². The number of benzene rings is 1. The number of ether oxygens (including phenoxy) is 2. The lowest BCUT2D eigenvalue weighted by Crippen LogP contribution is -2.42. The van der Waals surface area contributed by atoms with Gasteiger partial charge in [0.2, 0.25) is 0 Å². The standard InChI is InChI=1S/C15H17NO7/c1-3-23-12(17)8-11(14(19)20)16-13(18)9-5-4-6-10(7-9)15(21)22-2/h4-7,11H,3,8H2,1-2H3,(H,16,18)(H,19,20)/t11-/m0/s1. The van der Waals surface area contributed by atoms with Gasteiger partial charge in [-0.3, -0.25) is 9.59 Å². The molecule has 1 aromatic rings. The summed E-state index contributed by atoms with van der Waals surface area (Å²) in [6.07, 6.45) is -0.494. The van der Waals surface area contributed by atoms with Gasteiger partial charge in [0.25, 0.3) is 5.91 Å². The Morgan fingerprint density at radius 1 is 1.22 bits per heavy atom. The van der Waals surface area contributed by atoms with Gasteiger partial charge in [-0.1, -0.05) is 6.07 Å². The van der Waals surface area contributed by atoms with Crippen molar-refractivity contribution in [3.63, 3.8) is 0 Å². The zero-order valence-electron chi connectivity index (χ0n) is 12.7. The first-order chi connectivity index (χ1) is 10.9. The fourth-order valence-corrected chi connectivity index (χ4v) is 1.73. The molecule has 8 nitrogen and oxygen atoms in total. The van der Waals surface area contributed by atoms with Gasteiger partial charge in [-0.25, -0.2) is 9.59 Å². The predicted molar refractivity (Wildman–Crippen MR) is 77.9 cm³/mol. The SMILES string of the molecule is CCOC(=O)C[C@H](NC(=O)c1cccc(C(=O)OC)c1)C(=O)O. The van der Waals surface area contributed by atoms with Crippen molar-refractivity contribution in [3.8, 4) is 0 Å². The van der Waals surface area contributed by atoms with Gasteiger partial charge in [0, 0.05) is 5.56 Å². The zero-order valence-corrected chi connectivity index (χ0v) is 12.7. The van der Waals surface area contributed by atoms with Gasteiger partial charge < -0.3 is 19.9 Å². The van der Waals surface area contributed by atoms with Crippen LogP contribution in [0.1, 0.15) is 34.1 Å². The third-order valence-electron chi connectivity index (χ3n) is 2.83. The second-order valence-electron chi connectivity index (χ2n) is 4.45. The molecule has 2 N–H and O–H groups in total. The molecule has 1 amide bonds. The van der Waals surface area contributed by atoms with Crippen LogP contribution in [0.5, 0.6) is 0 Å². The highest BCUT2D eigenvalue weighted by Gasteiger charge is 2.24. The van der Waals surface area contributed by atoms with Crippen LogP contribution >= 0.6 is 0 Å². The molecule has 0 radical (unpaired) electrons. The van der Waals surface area contributed by atoms with E-state index in [0.29, 0.717) is 0 Å². The highest BCUT2D eigenvalue weighted by Crippen LogP contribution is 2.08. The monoisotopic (exact) mass is 323 g/mol. The normalized spacial score (nSPS) is 11.2. The molecule has 0 fully saturated rings. The van der Waals surface area contributed by atoms with Crippen LogP contribution in [-0.4, -0.2) is 48.7 Å². The molecule has 1 aromatic carbocycles. The minimum Gasteiger partial charge on any atom is -0.480 e. The van der Waals surface area contributed by atoms with E-state index in [4.69, 9.17) is 5.11 Å². The Morgan fingerprint density at radius 2 is 1.87 bits per heavy atom. The summed E-state index contributed by atoms with van der Waals surface area (Å²) in [6.45, 7) is 1.70. The lowest BCUT2D eigenvalue weighted by molar-refractivity contribution is -0.149. The Hall–Kier alpha value is -2.90. The van der Waals surface area contributed by atoms with Crippen molar-refractivity contribution in [2.75, 3.05) is 13.7 Å². The van der Waals surface area contributed by atoms with E-state index in [2.05, 4.69) is 14.8 Å². The van der Waals surface area contributed by atoms with E-state index in [9.17, 15) is 19.2 Å². The first-order valence-corrected chi connectivity index (χ1v) is 6.76. The van der Waals surface area contributed by atoms with Crippen LogP contribution in [0.3, 0.4) is 0 Å². The van der Waals surface area contributed by atoms with Gasteiger partial charge >= 0.3 is 17.9 Å². The van der Waals surface area contributed by atoms with Gasteiger partial charge in [-0.2, -0.15) is 0 Å². The Bertz CT molecular complexity index is 612. The van der Waals surface area contributed by atoms with E-state index in [1.807, 2.05) is 0 Å². The third-order valence-corrected chi connectivity index (χ3v) is 2.83. The zero-order chi connectivity index (χ0) is 17.4. The number of hydrogen-bond donors (Lipinski definition) is 2. The first-order valence-electron chi connectivity index (χ1n) is 6.76. The topological polar surface area (TPSA) is 119 Å². The minimum atomic E-state index is -1.43. The number of aliphatic carboxylic acids is 1. The maximum atomic E-state index is 12.1. The lowest BCUT2D eigenvalue weighted by atomic mass is 10.1. The van der Waals surface area contributed by atoms with Crippen molar-refractivity contribution in [1.82, 2.24) is 5.32 Å². The highest BCUT2D eigenvalue weighted by molar-refractivity contribution is 5.99. The summed E-state index contributed by atoms with van der Waals surface area (Å²) in [6, 6.07) is 4.16. The summed E-state index contributed by atoms with van der Waals surface area (Å²) in [5.74, 6) is -3.45. The van der Waals surface area contributed by atoms with Crippen LogP contribution < -0.4 is 5.32 Å². The molecule has 0 bridgehead atoms. The number of esters is 2. The molecule has 23 heavy (non-hydrogen) atoms. The van der Waals surface area contributed by atoms with E-state index in [0.717, 1.165) is 0 Å². The third kappa shape index (κ3) is 5.42. The predicted octanol–water partition coefficient (Wildman–Crippen LogP) is 0.609. The summed E-state index contributed by atoms with van der Waals surface area (Å²) in [5, 5.41) is 11.3. The fraction of sp³-hybridized carbons (Fsp3) is 0.333. The summed E-state index contributed by atoms with van der Waals surface area (Å²) >= 11 is 0. The number of methoxy groups -OCH3 is 1. The minimum absolute atomic E-state index is 0.0722. The van der Waals surface area contributed by atoms with E-state index >= 15 is 0 Å². The summed E-state index contributed by atoms with van der Waals surface area (Å²) < 4.78 is 9.20. The molecular weight excluding hydrogens is 306 g/mol. The number of carbonyl (C=O) groups is 4. The first kappa shape index (κ1) is 18.1. The van der Waals surface area contributed by atoms with E-state index < -0.39 is 36.3 Å². The maximum Gasteiger partial charge on any atom is 0.337 e. The molecular formula is C15H17NO7. The summed E-state index contributed by atoms with van der Waals surface area (Å²) in [5.41, 5.74) is 0.223. The molecule has 0 heterocycles. The number of carboxylic acid groups (broad SMARTS) is 1. The van der Waals surface area contributed by atoms with Gasteiger partial charge in [0.15, 0.2) is 0 Å². The second kappa shape index (κ2) is 8.52. The van der Waals surface area contributed by atoms with Crippen LogP contribution in [0.25, 0.3) is 0 Å². The molecule has 1 rings (SSSR count). The molecule has 1 atom stereocenters. The number of nitrogens with one attached hydrogen (secondary N) is 1. The van der Waals surface area contributed by atoms with Gasteiger partial charge in [-0.15, -0.1) is 0 Å². The fourth-order valence-electron chi connectivity index (χ4n) is 1.73. The Balaban J connectivity index is 2.85. The largest absolute Gasteiger partial charge is 0.480 e. The quantitative estimate of drug-likeness (QED) is 0.705. The van der Waals surface area contributed by atoms with Gasteiger partial charge in [0.1, 0.15) is 6.04 Å². The Labute approximate surface area is 132 Å². The van der Waals surface area contributed by atoms with Crippen molar-refractivity contribution in [2.24, 2.45) is 0 Å². The molecule has 0 aliphatic carbocycles. The molecule has 0 saturated heterocycles. The number of amides is 1. The number of carboxylic acids is 1. The van der Waals surface area contributed by atoms with E-state index in [1.54, 1.807) is 6.92 Å². The molecule has 0 spiro atoms. The molecule has 0 saturated carbocycles. The number of hydrogen-bond acceptors (Lipinski definition) is 6. The lowest BCUT2D eigenvalue weighted by Gasteiger charge is -2.14. The molecule has 0 unspecified atom stereocenters. The van der Waals surface area contributed by atoms with Gasteiger partial charge in [0.05, 0.1) is 25.7 Å². The van der Waals surface area contributed by atoms with Crippen LogP contribution in [0.15, 0.2) is 24.3 Å². The average Bonchev–Trinajstić information content (AvgIpc) is 2.53. The number of carbonyl (C=O) groups excluding carboxylic acids is 3. The second-order valence-corrected chi connectivity index (χ2v) is 4.45. The van der Waals surface area contributed by atoms with Crippen LogP contribution in [0.4, 0.5) is 0 Å². The van der Waals surface area contributed by atoms with E-state index in [-0.39, 0.29) is 17.7 Å². The number of rotatable bonds is 7. The van der Waals surface area contributed by atoms with Crippen molar-refractivity contribution in [3.05, 3.63) is 35.4 Å². The summed E-state index contributed by atoms with van der Waals surface area (Å²) in [4.78, 5) is 46.0. The van der Waals surface area contributed by atoms with E-state index in [1.165, 1.54) is 31.4 Å². The Morgan fingerprint density at radius 3 is 2.43 bits per heavy atom. The molecule has 8 heteroatoms.